The van der Waals surface area contributed by atoms with E-state index in [2.05, 4.69) is 0 Å². The minimum atomic E-state index is -0.279. The van der Waals surface area contributed by atoms with Crippen LogP contribution in [0.25, 0.3) is 0 Å². The highest BCUT2D eigenvalue weighted by atomic mass is 16.5. The zero-order chi connectivity index (χ0) is 12.8. The Morgan fingerprint density at radius 3 is 2.82 bits per heavy atom. The van der Waals surface area contributed by atoms with Crippen molar-refractivity contribution < 1.29 is 14.3 Å². The summed E-state index contributed by atoms with van der Waals surface area (Å²) in [4.78, 5) is 11.8. The number of esters is 1. The Morgan fingerprint density at radius 1 is 1.53 bits per heavy atom. The second kappa shape index (κ2) is 6.64. The molecular formula is C13H23NO3. The molecule has 0 radical (unpaired) electrons. The van der Waals surface area contributed by atoms with Gasteiger partial charge in [-0.1, -0.05) is 20.8 Å². The molecule has 1 aliphatic rings. The molecule has 0 heterocycles. The maximum atomic E-state index is 11.8. The third-order valence-electron chi connectivity index (χ3n) is 2.67. The quantitative estimate of drug-likeness (QED) is 0.722. The molecule has 0 bridgehead atoms. The molecule has 0 saturated heterocycles. The largest absolute Gasteiger partial charge is 0.462 e. The molecule has 0 spiro atoms. The lowest BCUT2D eigenvalue weighted by molar-refractivity contribution is -0.140. The number of carbonyl (C=O) groups is 1. The average molecular weight is 241 g/mol. The molecule has 0 aliphatic heterocycles. The van der Waals surface area contributed by atoms with E-state index in [1.165, 1.54) is 0 Å². The fraction of sp³-hybridized carbons (Fsp3) is 0.769. The molecular weight excluding hydrogens is 218 g/mol. The van der Waals surface area contributed by atoms with Gasteiger partial charge in [0.05, 0.1) is 18.3 Å². The highest BCUT2D eigenvalue weighted by Crippen LogP contribution is 2.26. The zero-order valence-electron chi connectivity index (χ0n) is 11.0. The highest BCUT2D eigenvalue weighted by Gasteiger charge is 2.28. The lowest BCUT2D eigenvalue weighted by Crippen LogP contribution is -2.20. The summed E-state index contributed by atoms with van der Waals surface area (Å²) in [5.74, 6) is 0.0631. The molecule has 0 aromatic rings. The summed E-state index contributed by atoms with van der Waals surface area (Å²) < 4.78 is 10.8. The number of hydrogen-bond acceptors (Lipinski definition) is 4. The molecule has 1 rings (SSSR count). The first-order valence-electron chi connectivity index (χ1n) is 6.33. The first-order valence-corrected chi connectivity index (χ1v) is 6.33. The van der Waals surface area contributed by atoms with E-state index >= 15 is 0 Å². The van der Waals surface area contributed by atoms with Crippen LogP contribution < -0.4 is 5.73 Å². The van der Waals surface area contributed by atoms with E-state index in [0.29, 0.717) is 36.8 Å². The first kappa shape index (κ1) is 14.0. The summed E-state index contributed by atoms with van der Waals surface area (Å²) >= 11 is 0. The van der Waals surface area contributed by atoms with Crippen molar-refractivity contribution in [2.45, 2.75) is 46.1 Å². The van der Waals surface area contributed by atoms with Crippen molar-refractivity contribution in [1.29, 1.82) is 0 Å². The Labute approximate surface area is 103 Å². The van der Waals surface area contributed by atoms with Crippen LogP contribution >= 0.6 is 0 Å². The van der Waals surface area contributed by atoms with E-state index in [1.807, 2.05) is 20.8 Å². The molecule has 98 valence electrons. The predicted octanol–water partition coefficient (Wildman–Crippen LogP) is 1.99. The fourth-order valence-corrected chi connectivity index (χ4v) is 1.75. The molecule has 0 aromatic heterocycles. The Balaban J connectivity index is 2.52. The number of hydrogen-bond donors (Lipinski definition) is 1. The molecule has 4 heteroatoms. The van der Waals surface area contributed by atoms with Crippen molar-refractivity contribution in [3.05, 3.63) is 11.3 Å². The summed E-state index contributed by atoms with van der Waals surface area (Å²) in [5.41, 5.74) is 7.09. The molecule has 1 unspecified atom stereocenters. The SMILES string of the molecule is CCCOC1CCC(C(=O)OCC(C)C)=C1N. The van der Waals surface area contributed by atoms with Crippen LogP contribution in [-0.4, -0.2) is 25.3 Å². The van der Waals surface area contributed by atoms with Gasteiger partial charge in [0.2, 0.25) is 0 Å². The van der Waals surface area contributed by atoms with E-state index in [1.54, 1.807) is 0 Å². The van der Waals surface area contributed by atoms with Gasteiger partial charge in [-0.2, -0.15) is 0 Å². The molecule has 1 atom stereocenters. The first-order chi connectivity index (χ1) is 8.06. The standard InChI is InChI=1S/C13H23NO3/c1-4-7-16-11-6-5-10(12(11)14)13(15)17-8-9(2)3/h9,11H,4-8,14H2,1-3H3. The predicted molar refractivity (Wildman–Crippen MR) is 66.3 cm³/mol. The lowest BCUT2D eigenvalue weighted by Gasteiger charge is -2.12. The van der Waals surface area contributed by atoms with Crippen molar-refractivity contribution in [1.82, 2.24) is 0 Å². The van der Waals surface area contributed by atoms with Gasteiger partial charge >= 0.3 is 5.97 Å². The molecule has 2 N–H and O–H groups in total. The second-order valence-corrected chi connectivity index (χ2v) is 4.82. The molecule has 0 saturated carbocycles. The van der Waals surface area contributed by atoms with Gasteiger partial charge in [0.15, 0.2) is 0 Å². The summed E-state index contributed by atoms with van der Waals surface area (Å²) in [5, 5.41) is 0. The van der Waals surface area contributed by atoms with Crippen molar-refractivity contribution in [3.8, 4) is 0 Å². The van der Waals surface area contributed by atoms with Crippen LogP contribution in [-0.2, 0) is 14.3 Å². The monoisotopic (exact) mass is 241 g/mol. The zero-order valence-corrected chi connectivity index (χ0v) is 11.0. The van der Waals surface area contributed by atoms with Crippen molar-refractivity contribution in [3.63, 3.8) is 0 Å². The number of carbonyl (C=O) groups excluding carboxylic acids is 1. The summed E-state index contributed by atoms with van der Waals surface area (Å²) in [6.45, 7) is 7.18. The Hall–Kier alpha value is -1.03. The van der Waals surface area contributed by atoms with Gasteiger partial charge in [-0.05, 0) is 25.2 Å². The fourth-order valence-electron chi connectivity index (χ4n) is 1.75. The maximum absolute atomic E-state index is 11.8. The Morgan fingerprint density at radius 2 is 2.24 bits per heavy atom. The molecule has 0 amide bonds. The summed E-state index contributed by atoms with van der Waals surface area (Å²) in [6.07, 6.45) is 2.31. The van der Waals surface area contributed by atoms with Crippen molar-refractivity contribution in [2.75, 3.05) is 13.2 Å². The van der Waals surface area contributed by atoms with E-state index in [9.17, 15) is 4.79 Å². The van der Waals surface area contributed by atoms with Crippen LogP contribution in [0.1, 0.15) is 40.0 Å². The molecule has 4 nitrogen and oxygen atoms in total. The van der Waals surface area contributed by atoms with E-state index < -0.39 is 0 Å². The van der Waals surface area contributed by atoms with Gasteiger partial charge < -0.3 is 15.2 Å². The van der Waals surface area contributed by atoms with Crippen LogP contribution in [0.2, 0.25) is 0 Å². The minimum Gasteiger partial charge on any atom is -0.462 e. The Kier molecular flexibility index (Phi) is 5.48. The smallest absolute Gasteiger partial charge is 0.335 e. The molecule has 0 fully saturated rings. The Bertz CT molecular complexity index is 297. The van der Waals surface area contributed by atoms with Crippen LogP contribution in [0, 0.1) is 5.92 Å². The number of nitrogens with two attached hydrogens (primary N) is 1. The van der Waals surface area contributed by atoms with Gasteiger partial charge in [-0.25, -0.2) is 4.79 Å². The molecule has 0 aromatic carbocycles. The van der Waals surface area contributed by atoms with Gasteiger partial charge in [-0.3, -0.25) is 0 Å². The van der Waals surface area contributed by atoms with E-state index in [4.69, 9.17) is 15.2 Å². The topological polar surface area (TPSA) is 61.5 Å². The van der Waals surface area contributed by atoms with Crippen LogP contribution in [0.3, 0.4) is 0 Å². The normalized spacial score (nSPS) is 20.1. The van der Waals surface area contributed by atoms with Crippen molar-refractivity contribution >= 4 is 5.97 Å². The van der Waals surface area contributed by atoms with Crippen LogP contribution in [0.15, 0.2) is 11.3 Å². The lowest BCUT2D eigenvalue weighted by atomic mass is 10.2. The maximum Gasteiger partial charge on any atom is 0.335 e. The van der Waals surface area contributed by atoms with Crippen LogP contribution in [0.5, 0.6) is 0 Å². The van der Waals surface area contributed by atoms with Gasteiger partial charge in [0.1, 0.15) is 0 Å². The number of rotatable bonds is 6. The second-order valence-electron chi connectivity index (χ2n) is 4.82. The minimum absolute atomic E-state index is 0.100. The highest BCUT2D eigenvalue weighted by molar-refractivity contribution is 5.90. The molecule has 17 heavy (non-hydrogen) atoms. The van der Waals surface area contributed by atoms with Gasteiger partial charge in [-0.15, -0.1) is 0 Å². The number of ether oxygens (including phenoxy) is 2. The van der Waals surface area contributed by atoms with Gasteiger partial charge in [0.25, 0.3) is 0 Å². The summed E-state index contributed by atoms with van der Waals surface area (Å²) in [7, 11) is 0. The third-order valence-corrected chi connectivity index (χ3v) is 2.67. The van der Waals surface area contributed by atoms with E-state index in [0.717, 1.165) is 12.8 Å². The molecule has 1 aliphatic carbocycles. The van der Waals surface area contributed by atoms with Crippen molar-refractivity contribution in [2.24, 2.45) is 11.7 Å². The van der Waals surface area contributed by atoms with Crippen LogP contribution in [0.4, 0.5) is 0 Å². The van der Waals surface area contributed by atoms with E-state index in [-0.39, 0.29) is 12.1 Å². The van der Waals surface area contributed by atoms with Gasteiger partial charge in [0, 0.05) is 12.3 Å². The summed E-state index contributed by atoms with van der Waals surface area (Å²) in [6, 6.07) is 0. The third kappa shape index (κ3) is 4.04. The average Bonchev–Trinajstić information content (AvgIpc) is 2.65.